The molecular formula is C14H19ClN2. The number of imidazole rings is 1. The number of aromatic nitrogens is 2. The predicted molar refractivity (Wildman–Crippen MR) is 73.5 cm³/mol. The average Bonchev–Trinajstić information content (AvgIpc) is 2.66. The number of rotatable bonds is 4. The Morgan fingerprint density at radius 3 is 2.59 bits per heavy atom. The molecule has 1 aromatic heterocycles. The molecule has 92 valence electrons. The Balaban J connectivity index is 2.49. The van der Waals surface area contributed by atoms with Gasteiger partial charge in [-0.05, 0) is 31.4 Å². The summed E-state index contributed by atoms with van der Waals surface area (Å²) in [7, 11) is 0. The monoisotopic (exact) mass is 250 g/mol. The van der Waals surface area contributed by atoms with Gasteiger partial charge < -0.3 is 4.57 Å². The van der Waals surface area contributed by atoms with Crippen LogP contribution in [0.25, 0.3) is 11.0 Å². The van der Waals surface area contributed by atoms with Crippen LogP contribution in [-0.2, 0) is 5.88 Å². The molecule has 0 aliphatic carbocycles. The highest BCUT2D eigenvalue weighted by Gasteiger charge is 2.15. The Kier molecular flexibility index (Phi) is 3.72. The van der Waals surface area contributed by atoms with Gasteiger partial charge in [-0.3, -0.25) is 0 Å². The standard InChI is InChI=1S/C14H19ClN2/c1-10(2)8-11(3)17-13-7-5-4-6-12(13)16-14(17)9-15/h4-7,10-11H,8-9H2,1-3H3. The van der Waals surface area contributed by atoms with Crippen molar-refractivity contribution in [1.29, 1.82) is 0 Å². The molecule has 0 aliphatic heterocycles. The van der Waals surface area contributed by atoms with Gasteiger partial charge in [-0.1, -0.05) is 26.0 Å². The third-order valence-corrected chi connectivity index (χ3v) is 3.28. The smallest absolute Gasteiger partial charge is 0.125 e. The van der Waals surface area contributed by atoms with Crippen LogP contribution >= 0.6 is 11.6 Å². The Hall–Kier alpha value is -1.02. The van der Waals surface area contributed by atoms with Crippen molar-refractivity contribution < 1.29 is 0 Å². The molecule has 3 heteroatoms. The fraction of sp³-hybridized carbons (Fsp3) is 0.500. The lowest BCUT2D eigenvalue weighted by molar-refractivity contribution is 0.428. The third kappa shape index (κ3) is 2.47. The van der Waals surface area contributed by atoms with Gasteiger partial charge >= 0.3 is 0 Å². The molecule has 2 nitrogen and oxygen atoms in total. The van der Waals surface area contributed by atoms with Crippen molar-refractivity contribution in [2.45, 2.75) is 39.1 Å². The quantitative estimate of drug-likeness (QED) is 0.737. The highest BCUT2D eigenvalue weighted by molar-refractivity contribution is 6.16. The van der Waals surface area contributed by atoms with Crippen molar-refractivity contribution in [3.8, 4) is 0 Å². The Morgan fingerprint density at radius 1 is 1.24 bits per heavy atom. The molecule has 0 saturated carbocycles. The summed E-state index contributed by atoms with van der Waals surface area (Å²) in [6.45, 7) is 6.73. The molecule has 2 rings (SSSR count). The normalized spacial score (nSPS) is 13.5. The molecule has 2 aromatic rings. The molecule has 1 unspecified atom stereocenters. The van der Waals surface area contributed by atoms with Crippen LogP contribution in [0.15, 0.2) is 24.3 Å². The first-order valence-corrected chi connectivity index (χ1v) is 6.68. The summed E-state index contributed by atoms with van der Waals surface area (Å²) in [5.74, 6) is 2.12. The van der Waals surface area contributed by atoms with Crippen LogP contribution in [0.1, 0.15) is 39.1 Å². The van der Waals surface area contributed by atoms with Crippen molar-refractivity contribution in [3.63, 3.8) is 0 Å². The van der Waals surface area contributed by atoms with Gasteiger partial charge in [0.25, 0.3) is 0 Å². The molecule has 0 fully saturated rings. The SMILES string of the molecule is CC(C)CC(C)n1c(CCl)nc2ccccc21. The molecule has 1 heterocycles. The lowest BCUT2D eigenvalue weighted by atomic mass is 10.0. The van der Waals surface area contributed by atoms with Crippen LogP contribution in [0, 0.1) is 5.92 Å². The summed E-state index contributed by atoms with van der Waals surface area (Å²) in [5.41, 5.74) is 2.23. The van der Waals surface area contributed by atoms with Crippen LogP contribution in [0.2, 0.25) is 0 Å². The molecule has 0 bridgehead atoms. The number of benzene rings is 1. The van der Waals surface area contributed by atoms with Crippen molar-refractivity contribution >= 4 is 22.6 Å². The van der Waals surface area contributed by atoms with Crippen molar-refractivity contribution in [2.75, 3.05) is 0 Å². The van der Waals surface area contributed by atoms with Crippen molar-refractivity contribution in [3.05, 3.63) is 30.1 Å². The molecule has 0 N–H and O–H groups in total. The van der Waals surface area contributed by atoms with E-state index in [2.05, 4.69) is 42.5 Å². The Morgan fingerprint density at radius 2 is 1.94 bits per heavy atom. The minimum absolute atomic E-state index is 0.441. The molecular weight excluding hydrogens is 232 g/mol. The first-order chi connectivity index (χ1) is 8.13. The lowest BCUT2D eigenvalue weighted by Gasteiger charge is -2.18. The second kappa shape index (κ2) is 5.09. The third-order valence-electron chi connectivity index (χ3n) is 3.04. The molecule has 0 spiro atoms. The van der Waals surface area contributed by atoms with Crippen molar-refractivity contribution in [1.82, 2.24) is 9.55 Å². The Labute approximate surface area is 108 Å². The highest BCUT2D eigenvalue weighted by atomic mass is 35.5. The topological polar surface area (TPSA) is 17.8 Å². The lowest BCUT2D eigenvalue weighted by Crippen LogP contribution is -2.10. The summed E-state index contributed by atoms with van der Waals surface area (Å²) in [6.07, 6.45) is 1.14. The van der Waals surface area contributed by atoms with E-state index in [-0.39, 0.29) is 0 Å². The van der Waals surface area contributed by atoms with E-state index in [4.69, 9.17) is 11.6 Å². The van der Waals surface area contributed by atoms with Crippen LogP contribution in [0.4, 0.5) is 0 Å². The molecule has 0 radical (unpaired) electrons. The number of hydrogen-bond acceptors (Lipinski definition) is 1. The number of fused-ring (bicyclic) bond motifs is 1. The van der Waals surface area contributed by atoms with Crippen LogP contribution in [0.3, 0.4) is 0 Å². The molecule has 17 heavy (non-hydrogen) atoms. The highest BCUT2D eigenvalue weighted by Crippen LogP contribution is 2.26. The number of nitrogens with zero attached hydrogens (tertiary/aromatic N) is 2. The fourth-order valence-corrected chi connectivity index (χ4v) is 2.66. The van der Waals surface area contributed by atoms with E-state index in [1.807, 2.05) is 12.1 Å². The predicted octanol–water partition coefficient (Wildman–Crippen LogP) is 4.38. The summed E-state index contributed by atoms with van der Waals surface area (Å²) in [5, 5.41) is 0. The summed E-state index contributed by atoms with van der Waals surface area (Å²) >= 11 is 6.00. The number of para-hydroxylation sites is 2. The second-order valence-corrected chi connectivity index (χ2v) is 5.27. The number of hydrogen-bond donors (Lipinski definition) is 0. The first kappa shape index (κ1) is 12.4. The molecule has 0 amide bonds. The second-order valence-electron chi connectivity index (χ2n) is 5.00. The van der Waals surface area contributed by atoms with Crippen LogP contribution in [-0.4, -0.2) is 9.55 Å². The van der Waals surface area contributed by atoms with Crippen LogP contribution < -0.4 is 0 Å². The molecule has 1 atom stereocenters. The van der Waals surface area contributed by atoms with Gasteiger partial charge in [0.05, 0.1) is 16.9 Å². The first-order valence-electron chi connectivity index (χ1n) is 6.15. The van der Waals surface area contributed by atoms with Crippen LogP contribution in [0.5, 0.6) is 0 Å². The summed E-state index contributed by atoms with van der Waals surface area (Å²) in [4.78, 5) is 4.59. The van der Waals surface area contributed by atoms with Gasteiger partial charge in [0.15, 0.2) is 0 Å². The zero-order valence-corrected chi connectivity index (χ0v) is 11.4. The molecule has 0 saturated heterocycles. The maximum atomic E-state index is 6.00. The zero-order valence-electron chi connectivity index (χ0n) is 10.7. The van der Waals surface area contributed by atoms with Gasteiger partial charge in [0.2, 0.25) is 0 Å². The van der Waals surface area contributed by atoms with Gasteiger partial charge in [-0.25, -0.2) is 4.98 Å². The van der Waals surface area contributed by atoms with Gasteiger partial charge in [0, 0.05) is 6.04 Å². The van der Waals surface area contributed by atoms with Gasteiger partial charge in [-0.15, -0.1) is 11.6 Å². The largest absolute Gasteiger partial charge is 0.324 e. The summed E-state index contributed by atoms with van der Waals surface area (Å²) in [6, 6.07) is 8.68. The minimum atomic E-state index is 0.441. The number of alkyl halides is 1. The van der Waals surface area contributed by atoms with E-state index in [0.29, 0.717) is 17.8 Å². The molecule has 0 aliphatic rings. The van der Waals surface area contributed by atoms with E-state index in [0.717, 1.165) is 17.8 Å². The minimum Gasteiger partial charge on any atom is -0.324 e. The summed E-state index contributed by atoms with van der Waals surface area (Å²) < 4.78 is 2.28. The number of halogens is 1. The maximum Gasteiger partial charge on any atom is 0.125 e. The fourth-order valence-electron chi connectivity index (χ4n) is 2.47. The van der Waals surface area contributed by atoms with Crippen molar-refractivity contribution in [2.24, 2.45) is 5.92 Å². The van der Waals surface area contributed by atoms with E-state index in [1.165, 1.54) is 5.52 Å². The van der Waals surface area contributed by atoms with Gasteiger partial charge in [0.1, 0.15) is 5.82 Å². The molecule has 1 aromatic carbocycles. The Bertz CT molecular complexity index is 502. The van der Waals surface area contributed by atoms with E-state index < -0.39 is 0 Å². The van der Waals surface area contributed by atoms with Gasteiger partial charge in [-0.2, -0.15) is 0 Å². The average molecular weight is 251 g/mol. The van der Waals surface area contributed by atoms with E-state index in [9.17, 15) is 0 Å². The zero-order chi connectivity index (χ0) is 12.4. The van der Waals surface area contributed by atoms with E-state index >= 15 is 0 Å². The maximum absolute atomic E-state index is 6.00. The van der Waals surface area contributed by atoms with E-state index in [1.54, 1.807) is 0 Å².